The molecule has 3 rings (SSSR count). The van der Waals surface area contributed by atoms with Crippen LogP contribution in [0.1, 0.15) is 62.5 Å². The second-order valence-corrected chi connectivity index (χ2v) is 7.55. The first-order valence-corrected chi connectivity index (χ1v) is 10.8. The maximum atomic E-state index is 12.3. The fraction of sp³-hybridized carbons (Fsp3) is 0.423. The molecule has 0 N–H and O–H groups in total. The van der Waals surface area contributed by atoms with Crippen molar-refractivity contribution >= 4 is 5.97 Å². The van der Waals surface area contributed by atoms with E-state index >= 15 is 0 Å². The third-order valence-electron chi connectivity index (χ3n) is 5.19. The fourth-order valence-corrected chi connectivity index (χ4v) is 3.57. The zero-order chi connectivity index (χ0) is 21.2. The second-order valence-electron chi connectivity index (χ2n) is 7.55. The molecule has 0 saturated heterocycles. The van der Waals surface area contributed by atoms with E-state index < -0.39 is 0 Å². The van der Waals surface area contributed by atoms with Crippen LogP contribution in [0.3, 0.4) is 0 Å². The van der Waals surface area contributed by atoms with Crippen molar-refractivity contribution in [3.63, 3.8) is 0 Å². The molecule has 2 aromatic rings. The van der Waals surface area contributed by atoms with Gasteiger partial charge in [-0.15, -0.1) is 0 Å². The topological polar surface area (TPSA) is 44.8 Å². The minimum absolute atomic E-state index is 0.203. The van der Waals surface area contributed by atoms with Gasteiger partial charge < -0.3 is 14.2 Å². The summed E-state index contributed by atoms with van der Waals surface area (Å²) < 4.78 is 17.0. The minimum atomic E-state index is -0.286. The minimum Gasteiger partial charge on any atom is -0.493 e. The van der Waals surface area contributed by atoms with Gasteiger partial charge in [-0.3, -0.25) is 4.79 Å². The van der Waals surface area contributed by atoms with Crippen molar-refractivity contribution in [2.24, 2.45) is 0 Å². The van der Waals surface area contributed by atoms with E-state index in [0.717, 1.165) is 36.1 Å². The first-order chi connectivity index (χ1) is 14.7. The highest BCUT2D eigenvalue weighted by molar-refractivity contribution is 5.71. The lowest BCUT2D eigenvalue weighted by atomic mass is 9.95. The molecule has 1 unspecified atom stereocenters. The Morgan fingerprint density at radius 2 is 1.87 bits per heavy atom. The Hall–Kier alpha value is -2.93. The normalized spacial score (nSPS) is 14.5. The Morgan fingerprint density at radius 1 is 1.10 bits per heavy atom. The van der Waals surface area contributed by atoms with Gasteiger partial charge in [0.15, 0.2) is 11.5 Å². The second kappa shape index (κ2) is 11.3. The number of rotatable bonds is 8. The molecule has 0 aliphatic heterocycles. The van der Waals surface area contributed by atoms with Gasteiger partial charge in [0.2, 0.25) is 0 Å². The fourth-order valence-electron chi connectivity index (χ4n) is 3.57. The highest BCUT2D eigenvalue weighted by Crippen LogP contribution is 2.35. The Morgan fingerprint density at radius 3 is 2.57 bits per heavy atom. The Balaban J connectivity index is 1.87. The van der Waals surface area contributed by atoms with Crippen LogP contribution in [0.15, 0.2) is 48.5 Å². The van der Waals surface area contributed by atoms with Crippen LogP contribution in [0.2, 0.25) is 0 Å². The molecule has 0 bridgehead atoms. The van der Waals surface area contributed by atoms with Gasteiger partial charge >= 0.3 is 5.97 Å². The maximum absolute atomic E-state index is 12.3. The molecule has 1 atom stereocenters. The van der Waals surface area contributed by atoms with Crippen LogP contribution in [0, 0.1) is 11.8 Å². The Bertz CT molecular complexity index is 873. The molecule has 2 aromatic carbocycles. The summed E-state index contributed by atoms with van der Waals surface area (Å²) in [5.74, 6) is 7.36. The van der Waals surface area contributed by atoms with Crippen molar-refractivity contribution in [3.05, 3.63) is 59.7 Å². The molecule has 1 aliphatic rings. The summed E-state index contributed by atoms with van der Waals surface area (Å²) in [6.07, 6.45) is 5.74. The van der Waals surface area contributed by atoms with Crippen LogP contribution >= 0.6 is 0 Å². The molecule has 0 aromatic heterocycles. The number of hydrogen-bond acceptors (Lipinski definition) is 4. The summed E-state index contributed by atoms with van der Waals surface area (Å²) in [6, 6.07) is 15.6. The number of carbonyl (C=O) groups excluding carboxylic acids is 1. The summed E-state index contributed by atoms with van der Waals surface area (Å²) in [6.45, 7) is 2.41. The molecule has 0 amide bonds. The van der Waals surface area contributed by atoms with Crippen molar-refractivity contribution in [2.75, 3.05) is 13.7 Å². The zero-order valence-corrected chi connectivity index (χ0v) is 17.9. The molecular weight excluding hydrogens is 376 g/mol. The molecule has 158 valence electrons. The molecule has 4 nitrogen and oxygen atoms in total. The molecule has 0 radical (unpaired) electrons. The predicted octanol–water partition coefficient (Wildman–Crippen LogP) is 5.50. The predicted molar refractivity (Wildman–Crippen MR) is 118 cm³/mol. The number of methoxy groups -OCH3 is 1. The average Bonchev–Trinajstić information content (AvgIpc) is 3.29. The van der Waals surface area contributed by atoms with Crippen molar-refractivity contribution in [3.8, 4) is 23.3 Å². The SMILES string of the molecule is CCCOC(=O)CC(C#Cc1ccccc1)c1ccc(OC)c(OC2CCCC2)c1. The lowest BCUT2D eigenvalue weighted by molar-refractivity contribution is -0.143. The van der Waals surface area contributed by atoms with E-state index in [2.05, 4.69) is 11.8 Å². The van der Waals surface area contributed by atoms with Crippen molar-refractivity contribution < 1.29 is 19.0 Å². The van der Waals surface area contributed by atoms with E-state index in [1.807, 2.05) is 55.5 Å². The van der Waals surface area contributed by atoms with Crippen LogP contribution in [0.4, 0.5) is 0 Å². The van der Waals surface area contributed by atoms with E-state index in [0.29, 0.717) is 12.4 Å². The van der Waals surface area contributed by atoms with Crippen molar-refractivity contribution in [2.45, 2.75) is 57.5 Å². The van der Waals surface area contributed by atoms with Crippen molar-refractivity contribution in [1.82, 2.24) is 0 Å². The van der Waals surface area contributed by atoms with E-state index in [1.54, 1.807) is 7.11 Å². The summed E-state index contributed by atoms with van der Waals surface area (Å²) >= 11 is 0. The number of hydrogen-bond donors (Lipinski definition) is 0. The van der Waals surface area contributed by atoms with Gasteiger partial charge in [-0.2, -0.15) is 0 Å². The van der Waals surface area contributed by atoms with Gasteiger partial charge in [0.25, 0.3) is 0 Å². The Labute approximate surface area is 179 Å². The Kier molecular flexibility index (Phi) is 8.20. The molecule has 0 spiro atoms. The van der Waals surface area contributed by atoms with Gasteiger partial charge in [-0.25, -0.2) is 0 Å². The van der Waals surface area contributed by atoms with Crippen LogP contribution in [0.25, 0.3) is 0 Å². The summed E-state index contributed by atoms with van der Waals surface area (Å²) in [5, 5.41) is 0. The van der Waals surface area contributed by atoms with Crippen LogP contribution in [-0.4, -0.2) is 25.8 Å². The molecule has 1 saturated carbocycles. The standard InChI is InChI=1S/C26H30O4/c1-3-17-29-26(27)19-22(14-13-20-9-5-4-6-10-20)21-15-16-24(28-2)25(18-21)30-23-11-7-8-12-23/h4-6,9-10,15-16,18,22-23H,3,7-8,11-12,17,19H2,1-2H3. The quantitative estimate of drug-likeness (QED) is 0.429. The third kappa shape index (κ3) is 6.29. The van der Waals surface area contributed by atoms with Crippen LogP contribution in [0.5, 0.6) is 11.5 Å². The molecule has 30 heavy (non-hydrogen) atoms. The highest BCUT2D eigenvalue weighted by atomic mass is 16.5. The van der Waals surface area contributed by atoms with Gasteiger partial charge in [0.1, 0.15) is 0 Å². The van der Waals surface area contributed by atoms with E-state index in [1.165, 1.54) is 12.8 Å². The molecule has 1 fully saturated rings. The summed E-state index contributed by atoms with van der Waals surface area (Å²) in [7, 11) is 1.64. The largest absolute Gasteiger partial charge is 0.493 e. The maximum Gasteiger partial charge on any atom is 0.307 e. The third-order valence-corrected chi connectivity index (χ3v) is 5.19. The van der Waals surface area contributed by atoms with E-state index in [4.69, 9.17) is 14.2 Å². The number of ether oxygens (including phenoxy) is 3. The lowest BCUT2D eigenvalue weighted by Crippen LogP contribution is -2.13. The van der Waals surface area contributed by atoms with Crippen molar-refractivity contribution in [1.29, 1.82) is 0 Å². The number of esters is 1. The monoisotopic (exact) mass is 406 g/mol. The van der Waals surface area contributed by atoms with Crippen LogP contribution < -0.4 is 9.47 Å². The first kappa shape index (κ1) is 21.8. The van der Waals surface area contributed by atoms with Gasteiger partial charge in [0.05, 0.1) is 32.2 Å². The summed E-state index contributed by atoms with van der Waals surface area (Å²) in [4.78, 5) is 12.3. The van der Waals surface area contributed by atoms with Gasteiger partial charge in [0, 0.05) is 5.56 Å². The first-order valence-electron chi connectivity index (χ1n) is 10.8. The van der Waals surface area contributed by atoms with E-state index in [9.17, 15) is 4.79 Å². The summed E-state index contributed by atoms with van der Waals surface area (Å²) in [5.41, 5.74) is 1.85. The zero-order valence-electron chi connectivity index (χ0n) is 17.9. The molecule has 4 heteroatoms. The average molecular weight is 407 g/mol. The number of carbonyl (C=O) groups is 1. The van der Waals surface area contributed by atoms with Gasteiger partial charge in [-0.1, -0.05) is 43.0 Å². The molecular formula is C26H30O4. The lowest BCUT2D eigenvalue weighted by Gasteiger charge is -2.18. The highest BCUT2D eigenvalue weighted by Gasteiger charge is 2.21. The molecule has 0 heterocycles. The van der Waals surface area contributed by atoms with Crippen LogP contribution in [-0.2, 0) is 9.53 Å². The van der Waals surface area contributed by atoms with Gasteiger partial charge in [-0.05, 0) is 61.9 Å². The van der Waals surface area contributed by atoms with E-state index in [-0.39, 0.29) is 24.4 Å². The smallest absolute Gasteiger partial charge is 0.307 e. The molecule has 1 aliphatic carbocycles. The number of benzene rings is 2.